The predicted octanol–water partition coefficient (Wildman–Crippen LogP) is 3.01. The second-order valence-corrected chi connectivity index (χ2v) is 6.01. The summed E-state index contributed by atoms with van der Waals surface area (Å²) >= 11 is 0. The molecule has 0 heterocycles. The summed E-state index contributed by atoms with van der Waals surface area (Å²) in [6, 6.07) is 8.32. The first-order valence-corrected chi connectivity index (χ1v) is 9.66. The first-order chi connectivity index (χ1) is 13.8. The number of ether oxygens (including phenoxy) is 4. The summed E-state index contributed by atoms with van der Waals surface area (Å²) in [5.41, 5.74) is 0. The Balaban J connectivity index is 4.65. The molecule has 0 aliphatic carbocycles. The van der Waals surface area contributed by atoms with Crippen molar-refractivity contribution in [3.05, 3.63) is 0 Å². The van der Waals surface area contributed by atoms with Crippen LogP contribution in [0.4, 0.5) is 0 Å². The van der Waals surface area contributed by atoms with Crippen LogP contribution in [0.3, 0.4) is 0 Å². The smallest absolute Gasteiger partial charge is 0.109 e. The molecule has 0 bridgehead atoms. The third-order valence-electron chi connectivity index (χ3n) is 3.66. The fourth-order valence-corrected chi connectivity index (χ4v) is 2.20. The van der Waals surface area contributed by atoms with Crippen molar-refractivity contribution < 1.29 is 18.9 Å². The molecule has 0 aliphatic rings. The minimum absolute atomic E-state index is 0.294. The number of hydrogen-bond donors (Lipinski definition) is 0. The molecule has 0 radical (unpaired) electrons. The Hall–Kier alpha value is -2.20. The van der Waals surface area contributed by atoms with E-state index >= 15 is 0 Å². The van der Waals surface area contributed by atoms with Gasteiger partial charge >= 0.3 is 0 Å². The van der Waals surface area contributed by atoms with E-state index in [1.54, 1.807) is 0 Å². The highest BCUT2D eigenvalue weighted by Crippen LogP contribution is 2.10. The largest absolute Gasteiger partial charge is 0.379 e. The SMILES string of the molecule is N#CCCCOCC(OCCCC#N)C(COCCCC#N)OCCCC#N. The highest BCUT2D eigenvalue weighted by molar-refractivity contribution is 4.75. The van der Waals surface area contributed by atoms with Crippen LogP contribution in [0, 0.1) is 45.3 Å². The summed E-state index contributed by atoms with van der Waals surface area (Å²) in [5, 5.41) is 34.5. The van der Waals surface area contributed by atoms with E-state index in [0.717, 1.165) is 0 Å². The van der Waals surface area contributed by atoms with Crippen LogP contribution in [-0.2, 0) is 18.9 Å². The number of nitrogens with zero attached hydrogens (tertiary/aromatic N) is 4. The van der Waals surface area contributed by atoms with Crippen LogP contribution < -0.4 is 0 Å². The number of unbranched alkanes of at least 4 members (excludes halogenated alkanes) is 4. The molecule has 0 aromatic heterocycles. The van der Waals surface area contributed by atoms with Crippen molar-refractivity contribution in [1.82, 2.24) is 0 Å². The van der Waals surface area contributed by atoms with Gasteiger partial charge in [0.1, 0.15) is 12.2 Å². The van der Waals surface area contributed by atoms with Gasteiger partial charge in [0, 0.05) is 52.1 Å². The van der Waals surface area contributed by atoms with Gasteiger partial charge in [-0.3, -0.25) is 0 Å². The molecule has 0 N–H and O–H groups in total. The van der Waals surface area contributed by atoms with Gasteiger partial charge in [-0.1, -0.05) is 0 Å². The first kappa shape index (κ1) is 25.8. The van der Waals surface area contributed by atoms with Gasteiger partial charge in [0.2, 0.25) is 0 Å². The van der Waals surface area contributed by atoms with E-state index in [1.807, 2.05) is 0 Å². The van der Waals surface area contributed by atoms with E-state index in [0.29, 0.717) is 91.0 Å². The molecule has 0 saturated carbocycles. The van der Waals surface area contributed by atoms with Crippen molar-refractivity contribution in [2.75, 3.05) is 39.6 Å². The fraction of sp³-hybridized carbons (Fsp3) is 0.800. The molecule has 0 aromatic rings. The Kier molecular flexibility index (Phi) is 19.4. The van der Waals surface area contributed by atoms with Gasteiger partial charge in [0.05, 0.1) is 37.5 Å². The van der Waals surface area contributed by atoms with Crippen LogP contribution in [-0.4, -0.2) is 51.8 Å². The van der Waals surface area contributed by atoms with Crippen LogP contribution in [0.2, 0.25) is 0 Å². The zero-order chi connectivity index (χ0) is 20.7. The molecule has 0 spiro atoms. The van der Waals surface area contributed by atoms with Crippen LogP contribution in [0.1, 0.15) is 51.4 Å². The third-order valence-corrected chi connectivity index (χ3v) is 3.66. The molecule has 154 valence electrons. The molecule has 0 aliphatic heterocycles. The average Bonchev–Trinajstić information content (AvgIpc) is 2.71. The number of hydrogen-bond acceptors (Lipinski definition) is 8. The van der Waals surface area contributed by atoms with Crippen molar-refractivity contribution in [3.63, 3.8) is 0 Å². The van der Waals surface area contributed by atoms with Crippen molar-refractivity contribution >= 4 is 0 Å². The number of rotatable bonds is 19. The van der Waals surface area contributed by atoms with Crippen molar-refractivity contribution in [3.8, 4) is 24.3 Å². The quantitative estimate of drug-likeness (QED) is 0.307. The molecular formula is C20H30N4O4. The van der Waals surface area contributed by atoms with Crippen molar-refractivity contribution in [1.29, 1.82) is 21.0 Å². The van der Waals surface area contributed by atoms with Gasteiger partial charge in [-0.15, -0.1) is 0 Å². The van der Waals surface area contributed by atoms with Gasteiger partial charge in [-0.25, -0.2) is 0 Å². The van der Waals surface area contributed by atoms with E-state index in [4.69, 9.17) is 40.0 Å². The van der Waals surface area contributed by atoms with Gasteiger partial charge in [0.25, 0.3) is 0 Å². The van der Waals surface area contributed by atoms with Crippen LogP contribution in [0.5, 0.6) is 0 Å². The maximum atomic E-state index is 8.67. The molecule has 28 heavy (non-hydrogen) atoms. The molecular weight excluding hydrogens is 360 g/mol. The van der Waals surface area contributed by atoms with E-state index in [9.17, 15) is 0 Å². The zero-order valence-corrected chi connectivity index (χ0v) is 16.5. The summed E-state index contributed by atoms with van der Waals surface area (Å²) in [5.74, 6) is 0. The standard InChI is InChI=1S/C20H30N4O4/c21-9-1-5-13-25-17-19(27-15-7-3-11-23)20(28-16-8-4-12-24)18-26-14-6-2-10-22/h19-20H,1-8,13-18H2. The van der Waals surface area contributed by atoms with Gasteiger partial charge < -0.3 is 18.9 Å². The Bertz CT molecular complexity index is 482. The minimum atomic E-state index is -0.376. The van der Waals surface area contributed by atoms with Crippen molar-refractivity contribution in [2.24, 2.45) is 0 Å². The predicted molar refractivity (Wildman–Crippen MR) is 101 cm³/mol. The zero-order valence-electron chi connectivity index (χ0n) is 16.5. The summed E-state index contributed by atoms with van der Waals surface area (Å²) in [6.07, 6.45) is 3.47. The highest BCUT2D eigenvalue weighted by atomic mass is 16.6. The molecule has 2 unspecified atom stereocenters. The lowest BCUT2D eigenvalue weighted by Gasteiger charge is -2.27. The molecule has 0 rings (SSSR count). The Morgan fingerprint density at radius 3 is 1.14 bits per heavy atom. The van der Waals surface area contributed by atoms with E-state index < -0.39 is 0 Å². The van der Waals surface area contributed by atoms with Gasteiger partial charge in [-0.05, 0) is 25.7 Å². The second kappa shape index (κ2) is 21.1. The second-order valence-electron chi connectivity index (χ2n) is 6.01. The average molecular weight is 390 g/mol. The normalized spacial score (nSPS) is 12.3. The van der Waals surface area contributed by atoms with E-state index in [1.165, 1.54) is 0 Å². The molecule has 0 fully saturated rings. The highest BCUT2D eigenvalue weighted by Gasteiger charge is 2.24. The van der Waals surface area contributed by atoms with E-state index in [-0.39, 0.29) is 12.2 Å². The molecule has 8 heteroatoms. The van der Waals surface area contributed by atoms with Crippen LogP contribution in [0.15, 0.2) is 0 Å². The van der Waals surface area contributed by atoms with Crippen LogP contribution >= 0.6 is 0 Å². The number of nitriles is 4. The Morgan fingerprint density at radius 2 is 0.821 bits per heavy atom. The lowest BCUT2D eigenvalue weighted by Crippen LogP contribution is -2.40. The molecule has 8 nitrogen and oxygen atoms in total. The summed E-state index contributed by atoms with van der Waals surface area (Å²) in [6.45, 7) is 2.31. The topological polar surface area (TPSA) is 132 Å². The summed E-state index contributed by atoms with van der Waals surface area (Å²) in [7, 11) is 0. The maximum absolute atomic E-state index is 8.67. The monoisotopic (exact) mass is 390 g/mol. The lowest BCUT2D eigenvalue weighted by molar-refractivity contribution is -0.127. The third kappa shape index (κ3) is 16.0. The van der Waals surface area contributed by atoms with Gasteiger partial charge in [0.15, 0.2) is 0 Å². The summed E-state index contributed by atoms with van der Waals surface area (Å²) in [4.78, 5) is 0. The fourth-order valence-electron chi connectivity index (χ4n) is 2.20. The first-order valence-electron chi connectivity index (χ1n) is 9.66. The van der Waals surface area contributed by atoms with Crippen molar-refractivity contribution in [2.45, 2.75) is 63.6 Å². The Morgan fingerprint density at radius 1 is 0.500 bits per heavy atom. The van der Waals surface area contributed by atoms with E-state index in [2.05, 4.69) is 24.3 Å². The molecule has 0 aromatic carbocycles. The Labute approximate surface area is 168 Å². The minimum Gasteiger partial charge on any atom is -0.379 e. The molecule has 0 amide bonds. The molecule has 2 atom stereocenters. The van der Waals surface area contributed by atoms with Crippen LogP contribution in [0.25, 0.3) is 0 Å². The lowest BCUT2D eigenvalue weighted by atomic mass is 10.2. The summed E-state index contributed by atoms with van der Waals surface area (Å²) < 4.78 is 23.0. The maximum Gasteiger partial charge on any atom is 0.109 e. The van der Waals surface area contributed by atoms with Gasteiger partial charge in [-0.2, -0.15) is 21.0 Å². The molecule has 0 saturated heterocycles.